The predicted molar refractivity (Wildman–Crippen MR) is 78.1 cm³/mol. The SMILES string of the molecule is COC(=O)C1C(C)=CC(=O)CC1c1cccc(Cl)c1Cl. The van der Waals surface area contributed by atoms with Crippen LogP contribution in [0.4, 0.5) is 0 Å². The standard InChI is InChI=1S/C15H14Cl2O3/c1-8-6-9(18)7-11(13(8)15(19)20-2)10-4-3-5-12(16)14(10)17/h3-6,11,13H,7H2,1-2H3. The van der Waals surface area contributed by atoms with Crippen LogP contribution in [0.25, 0.3) is 0 Å². The first-order valence-corrected chi connectivity index (χ1v) is 6.94. The molecule has 1 aliphatic rings. The summed E-state index contributed by atoms with van der Waals surface area (Å²) in [5, 5.41) is 0.794. The molecule has 2 rings (SSSR count). The summed E-state index contributed by atoms with van der Waals surface area (Å²) in [5.74, 6) is -1.24. The molecule has 0 bridgehead atoms. The minimum absolute atomic E-state index is 0.0244. The highest BCUT2D eigenvalue weighted by Gasteiger charge is 2.37. The average molecular weight is 313 g/mol. The number of ether oxygens (including phenoxy) is 1. The van der Waals surface area contributed by atoms with Crippen LogP contribution in [-0.4, -0.2) is 18.9 Å². The van der Waals surface area contributed by atoms with Crippen LogP contribution in [-0.2, 0) is 14.3 Å². The zero-order valence-corrected chi connectivity index (χ0v) is 12.7. The summed E-state index contributed by atoms with van der Waals surface area (Å²) in [6, 6.07) is 5.23. The maximum atomic E-state index is 12.0. The number of hydrogen-bond acceptors (Lipinski definition) is 3. The first kappa shape index (κ1) is 15.1. The molecule has 0 aromatic heterocycles. The topological polar surface area (TPSA) is 43.4 Å². The minimum atomic E-state index is -0.506. The summed E-state index contributed by atoms with van der Waals surface area (Å²) in [5.41, 5.74) is 1.39. The Hall–Kier alpha value is -1.32. The van der Waals surface area contributed by atoms with Crippen molar-refractivity contribution in [2.75, 3.05) is 7.11 Å². The van der Waals surface area contributed by atoms with Crippen molar-refractivity contribution >= 4 is 35.0 Å². The first-order chi connectivity index (χ1) is 9.45. The number of esters is 1. The lowest BCUT2D eigenvalue weighted by atomic mass is 9.75. The second-order valence-corrected chi connectivity index (χ2v) is 5.59. The van der Waals surface area contributed by atoms with E-state index in [1.165, 1.54) is 13.2 Å². The number of halogens is 2. The number of rotatable bonds is 2. The number of allylic oxidation sites excluding steroid dienone is 1. The molecule has 20 heavy (non-hydrogen) atoms. The largest absolute Gasteiger partial charge is 0.469 e. The van der Waals surface area contributed by atoms with Gasteiger partial charge in [0.15, 0.2) is 5.78 Å². The molecule has 0 heterocycles. The van der Waals surface area contributed by atoms with Gasteiger partial charge in [0, 0.05) is 12.3 Å². The van der Waals surface area contributed by atoms with Crippen molar-refractivity contribution in [1.82, 2.24) is 0 Å². The average Bonchev–Trinajstić information content (AvgIpc) is 2.40. The number of carbonyl (C=O) groups excluding carboxylic acids is 2. The Morgan fingerprint density at radius 1 is 1.35 bits per heavy atom. The van der Waals surface area contributed by atoms with Gasteiger partial charge in [0.05, 0.1) is 23.1 Å². The molecule has 2 atom stereocenters. The Morgan fingerprint density at radius 2 is 2.05 bits per heavy atom. The van der Waals surface area contributed by atoms with E-state index in [1.54, 1.807) is 25.1 Å². The molecule has 106 valence electrons. The van der Waals surface area contributed by atoms with E-state index in [0.29, 0.717) is 21.2 Å². The fourth-order valence-corrected chi connectivity index (χ4v) is 3.08. The monoisotopic (exact) mass is 312 g/mol. The van der Waals surface area contributed by atoms with E-state index in [0.717, 1.165) is 0 Å². The van der Waals surface area contributed by atoms with Crippen LogP contribution in [0, 0.1) is 5.92 Å². The second kappa shape index (κ2) is 5.98. The quantitative estimate of drug-likeness (QED) is 0.780. The van der Waals surface area contributed by atoms with Crippen molar-refractivity contribution in [3.8, 4) is 0 Å². The van der Waals surface area contributed by atoms with Gasteiger partial charge >= 0.3 is 5.97 Å². The van der Waals surface area contributed by atoms with Gasteiger partial charge in [-0.3, -0.25) is 9.59 Å². The van der Waals surface area contributed by atoms with Gasteiger partial charge in [0.2, 0.25) is 0 Å². The van der Waals surface area contributed by atoms with Crippen molar-refractivity contribution in [3.63, 3.8) is 0 Å². The molecule has 1 aromatic rings. The van der Waals surface area contributed by atoms with Crippen LogP contribution >= 0.6 is 23.2 Å². The third-order valence-corrected chi connectivity index (χ3v) is 4.37. The summed E-state index contributed by atoms with van der Waals surface area (Å²) in [6.07, 6.45) is 1.72. The fraction of sp³-hybridized carbons (Fsp3) is 0.333. The fourth-order valence-electron chi connectivity index (χ4n) is 2.63. The summed E-state index contributed by atoms with van der Waals surface area (Å²) >= 11 is 12.2. The Bertz CT molecular complexity index is 593. The highest BCUT2D eigenvalue weighted by atomic mass is 35.5. The van der Waals surface area contributed by atoms with Gasteiger partial charge in [0.1, 0.15) is 0 Å². The molecule has 0 N–H and O–H groups in total. The molecule has 0 aliphatic heterocycles. The van der Waals surface area contributed by atoms with E-state index in [2.05, 4.69) is 0 Å². The van der Waals surface area contributed by atoms with Crippen LogP contribution in [0.3, 0.4) is 0 Å². The minimum Gasteiger partial charge on any atom is -0.469 e. The molecular formula is C15H14Cl2O3. The zero-order chi connectivity index (χ0) is 14.9. The lowest BCUT2D eigenvalue weighted by Crippen LogP contribution is -2.30. The number of hydrogen-bond donors (Lipinski definition) is 0. The van der Waals surface area contributed by atoms with Crippen LogP contribution in [0.2, 0.25) is 10.0 Å². The van der Waals surface area contributed by atoms with E-state index >= 15 is 0 Å². The molecule has 0 saturated heterocycles. The molecule has 0 amide bonds. The van der Waals surface area contributed by atoms with Gasteiger partial charge < -0.3 is 4.74 Å². The van der Waals surface area contributed by atoms with Crippen LogP contribution in [0.1, 0.15) is 24.8 Å². The highest BCUT2D eigenvalue weighted by Crippen LogP contribution is 2.42. The molecule has 3 nitrogen and oxygen atoms in total. The van der Waals surface area contributed by atoms with Gasteiger partial charge in [-0.2, -0.15) is 0 Å². The lowest BCUT2D eigenvalue weighted by molar-refractivity contribution is -0.145. The van der Waals surface area contributed by atoms with E-state index in [-0.39, 0.29) is 24.1 Å². The molecule has 1 aliphatic carbocycles. The summed E-state index contributed by atoms with van der Waals surface area (Å²) in [7, 11) is 1.34. The van der Waals surface area contributed by atoms with Crippen LogP contribution < -0.4 is 0 Å². The van der Waals surface area contributed by atoms with E-state index in [4.69, 9.17) is 27.9 Å². The Kier molecular flexibility index (Phi) is 4.51. The Morgan fingerprint density at radius 3 is 2.70 bits per heavy atom. The van der Waals surface area contributed by atoms with Crippen molar-refractivity contribution in [3.05, 3.63) is 45.5 Å². The van der Waals surface area contributed by atoms with Gasteiger partial charge in [-0.05, 0) is 24.6 Å². The molecule has 0 saturated carbocycles. The van der Waals surface area contributed by atoms with Gasteiger partial charge in [-0.15, -0.1) is 0 Å². The number of carbonyl (C=O) groups is 2. The number of methoxy groups -OCH3 is 1. The third-order valence-electron chi connectivity index (χ3n) is 3.54. The summed E-state index contributed by atoms with van der Waals surface area (Å²) in [4.78, 5) is 23.8. The molecular weight excluding hydrogens is 299 g/mol. The van der Waals surface area contributed by atoms with Gasteiger partial charge in [0.25, 0.3) is 0 Å². The van der Waals surface area contributed by atoms with Gasteiger partial charge in [-0.1, -0.05) is 40.9 Å². The van der Waals surface area contributed by atoms with E-state index in [1.807, 2.05) is 0 Å². The molecule has 0 radical (unpaired) electrons. The highest BCUT2D eigenvalue weighted by molar-refractivity contribution is 6.42. The van der Waals surface area contributed by atoms with Crippen molar-refractivity contribution in [2.24, 2.45) is 5.92 Å². The van der Waals surface area contributed by atoms with Gasteiger partial charge in [-0.25, -0.2) is 0 Å². The van der Waals surface area contributed by atoms with Crippen molar-refractivity contribution in [1.29, 1.82) is 0 Å². The predicted octanol–water partition coefficient (Wildman–Crippen LogP) is 3.79. The third kappa shape index (κ3) is 2.74. The Labute approximate surface area is 127 Å². The van der Waals surface area contributed by atoms with Crippen molar-refractivity contribution in [2.45, 2.75) is 19.3 Å². The number of benzene rings is 1. The smallest absolute Gasteiger partial charge is 0.313 e. The molecule has 0 spiro atoms. The normalized spacial score (nSPS) is 22.4. The maximum absolute atomic E-state index is 12.0. The first-order valence-electron chi connectivity index (χ1n) is 6.18. The molecule has 1 aromatic carbocycles. The van der Waals surface area contributed by atoms with Crippen molar-refractivity contribution < 1.29 is 14.3 Å². The zero-order valence-electron chi connectivity index (χ0n) is 11.2. The van der Waals surface area contributed by atoms with Crippen LogP contribution in [0.5, 0.6) is 0 Å². The second-order valence-electron chi connectivity index (χ2n) is 4.81. The molecule has 0 fully saturated rings. The maximum Gasteiger partial charge on any atom is 0.313 e. The van der Waals surface area contributed by atoms with Crippen LogP contribution in [0.15, 0.2) is 29.8 Å². The summed E-state index contributed by atoms with van der Waals surface area (Å²) in [6.45, 7) is 1.75. The lowest BCUT2D eigenvalue weighted by Gasteiger charge is -2.29. The number of ketones is 1. The van der Waals surface area contributed by atoms with E-state index < -0.39 is 5.92 Å². The molecule has 5 heteroatoms. The Balaban J connectivity index is 2.52. The van der Waals surface area contributed by atoms with E-state index in [9.17, 15) is 9.59 Å². The summed E-state index contributed by atoms with van der Waals surface area (Å²) < 4.78 is 4.85. The molecule has 2 unspecified atom stereocenters.